The molecule has 0 heterocycles. The number of benzene rings is 1. The predicted molar refractivity (Wildman–Crippen MR) is 60.9 cm³/mol. The van der Waals surface area contributed by atoms with E-state index in [4.69, 9.17) is 0 Å². The summed E-state index contributed by atoms with van der Waals surface area (Å²) in [6.07, 6.45) is -7.88. The summed E-state index contributed by atoms with van der Waals surface area (Å²) in [5, 5.41) is 0. The van der Waals surface area contributed by atoms with Gasteiger partial charge in [-0.2, -0.15) is 65.9 Å². The zero-order valence-electron chi connectivity index (χ0n) is 14.1. The lowest BCUT2D eigenvalue weighted by Crippen LogP contribution is -2.72. The predicted octanol–water partition coefficient (Wildman–Crippen LogP) is 7.21. The average Bonchev–Trinajstić information content (AvgIpc) is 2.62. The quantitative estimate of drug-likeness (QED) is 0.205. The number of halogens is 20. The van der Waals surface area contributed by atoms with E-state index >= 15 is 0 Å². The van der Waals surface area contributed by atoms with Gasteiger partial charge in [0.25, 0.3) is 0 Å². The number of hydrogen-bond acceptors (Lipinski definition) is 0. The van der Waals surface area contributed by atoms with Gasteiger partial charge in [-0.25, -0.2) is 22.0 Å². The van der Waals surface area contributed by atoms with Crippen molar-refractivity contribution in [1.82, 2.24) is 0 Å². The highest BCUT2D eigenvalue weighted by Crippen LogP contribution is 2.64. The largest absolute Gasteiger partial charge is 0.460 e. The Morgan fingerprint density at radius 2 is 0.545 bits per heavy atom. The van der Waals surface area contributed by atoms with E-state index in [1.54, 1.807) is 0 Å². The molecule has 0 atom stereocenters. The van der Waals surface area contributed by atoms with Gasteiger partial charge in [-0.05, 0) is 0 Å². The summed E-state index contributed by atoms with van der Waals surface area (Å²) in [6, 6.07) is 0. The smallest absolute Gasteiger partial charge is 0.203 e. The van der Waals surface area contributed by atoms with E-state index in [1.165, 1.54) is 0 Å². The van der Waals surface area contributed by atoms with E-state index in [0.29, 0.717) is 0 Å². The minimum absolute atomic E-state index is 3.39. The molecule has 0 amide bonds. The minimum Gasteiger partial charge on any atom is -0.203 e. The van der Waals surface area contributed by atoms with Gasteiger partial charge in [0.05, 0.1) is 0 Å². The highest BCUT2D eigenvalue weighted by atomic mass is 19.4. The summed E-state index contributed by atoms with van der Waals surface area (Å²) < 4.78 is 260. The molecule has 0 aromatic heterocycles. The van der Waals surface area contributed by atoms with Crippen molar-refractivity contribution >= 4 is 0 Å². The van der Waals surface area contributed by atoms with Gasteiger partial charge in [0, 0.05) is 0 Å². The van der Waals surface area contributed by atoms with Gasteiger partial charge < -0.3 is 0 Å². The Bertz CT molecular complexity index is 892. The molecule has 0 radical (unpaired) electrons. The second kappa shape index (κ2) is 7.41. The molecule has 0 aliphatic carbocycles. The molecule has 0 bridgehead atoms. The lowest BCUT2D eigenvalue weighted by atomic mass is 9.88. The standard InChI is InChI=1S/C13F20/c14-2-1(3(15)5(17)6(18)4(2)16)7(19,20)8(21,22)9(23,24)10(25,26)11(27,28)12(29,30)13(31,32)33. The van der Waals surface area contributed by atoms with Crippen LogP contribution >= 0.6 is 0 Å². The van der Waals surface area contributed by atoms with E-state index in [0.717, 1.165) is 0 Å². The molecule has 0 N–H and O–H groups in total. The van der Waals surface area contributed by atoms with Gasteiger partial charge >= 0.3 is 41.7 Å². The molecular weight excluding hydrogens is 536 g/mol. The van der Waals surface area contributed by atoms with Gasteiger partial charge in [0.2, 0.25) is 5.82 Å². The van der Waals surface area contributed by atoms with Gasteiger partial charge in [0.1, 0.15) is 5.56 Å². The molecule has 0 unspecified atom stereocenters. The van der Waals surface area contributed by atoms with Gasteiger partial charge in [-0.1, -0.05) is 0 Å². The fourth-order valence-corrected chi connectivity index (χ4v) is 2.00. The van der Waals surface area contributed by atoms with Crippen LogP contribution in [-0.2, 0) is 5.92 Å². The minimum atomic E-state index is -8.80. The molecule has 1 aromatic rings. The lowest BCUT2D eigenvalue weighted by Gasteiger charge is -2.41. The van der Waals surface area contributed by atoms with Crippen LogP contribution in [0.25, 0.3) is 0 Å². The van der Waals surface area contributed by atoms with E-state index in [1.807, 2.05) is 0 Å². The molecule has 0 aliphatic heterocycles. The van der Waals surface area contributed by atoms with Crippen molar-refractivity contribution in [3.05, 3.63) is 34.6 Å². The molecule has 0 nitrogen and oxygen atoms in total. The topological polar surface area (TPSA) is 0 Å². The van der Waals surface area contributed by atoms with Crippen LogP contribution in [-0.4, -0.2) is 35.8 Å². The van der Waals surface area contributed by atoms with E-state index in [-0.39, 0.29) is 0 Å². The maximum absolute atomic E-state index is 13.7. The van der Waals surface area contributed by atoms with Crippen LogP contribution in [0.2, 0.25) is 0 Å². The van der Waals surface area contributed by atoms with Gasteiger partial charge in [-0.3, -0.25) is 0 Å². The summed E-state index contributed by atoms with van der Waals surface area (Å²) in [4.78, 5) is 0. The van der Waals surface area contributed by atoms with E-state index < -0.39 is 76.4 Å². The fraction of sp³-hybridized carbons (Fsp3) is 0.538. The van der Waals surface area contributed by atoms with Crippen molar-refractivity contribution in [2.45, 2.75) is 41.7 Å². The van der Waals surface area contributed by atoms with Crippen molar-refractivity contribution in [3.63, 3.8) is 0 Å². The maximum atomic E-state index is 13.7. The summed E-state index contributed by atoms with van der Waals surface area (Å²) >= 11 is 0. The normalized spacial score (nSPS) is 15.3. The average molecular weight is 536 g/mol. The lowest BCUT2D eigenvalue weighted by molar-refractivity contribution is -0.454. The van der Waals surface area contributed by atoms with Crippen LogP contribution in [0.15, 0.2) is 0 Å². The Labute approximate surface area is 165 Å². The Balaban J connectivity index is 3.91. The van der Waals surface area contributed by atoms with E-state index in [2.05, 4.69) is 0 Å². The van der Waals surface area contributed by atoms with Crippen molar-refractivity contribution in [3.8, 4) is 0 Å². The summed E-state index contributed by atoms with van der Waals surface area (Å²) in [5.41, 5.74) is -4.31. The number of rotatable bonds is 6. The second-order valence-electron chi connectivity index (χ2n) is 5.89. The molecular formula is C13F20. The van der Waals surface area contributed by atoms with Crippen molar-refractivity contribution < 1.29 is 87.8 Å². The first-order valence-corrected chi connectivity index (χ1v) is 7.03. The first-order valence-electron chi connectivity index (χ1n) is 7.03. The second-order valence-corrected chi connectivity index (χ2v) is 5.89. The van der Waals surface area contributed by atoms with Crippen LogP contribution < -0.4 is 0 Å². The molecule has 192 valence electrons. The SMILES string of the molecule is Fc1c(F)c(F)c(C(F)(F)C(F)(F)C(F)(F)C(F)(F)C(F)(F)C(F)(F)C(F)(F)F)c(F)c1F. The molecule has 0 saturated heterocycles. The van der Waals surface area contributed by atoms with Crippen LogP contribution in [0.1, 0.15) is 5.56 Å². The third-order valence-electron chi connectivity index (χ3n) is 3.85. The van der Waals surface area contributed by atoms with Crippen LogP contribution in [0.4, 0.5) is 87.8 Å². The van der Waals surface area contributed by atoms with Crippen LogP contribution in [0.3, 0.4) is 0 Å². The third-order valence-corrected chi connectivity index (χ3v) is 3.85. The molecule has 0 fully saturated rings. The zero-order valence-corrected chi connectivity index (χ0v) is 14.1. The Kier molecular flexibility index (Phi) is 6.48. The molecule has 1 rings (SSSR count). The fourth-order valence-electron chi connectivity index (χ4n) is 2.00. The summed E-state index contributed by atoms with van der Waals surface area (Å²) in [7, 11) is 0. The Hall–Kier alpha value is -2.18. The first kappa shape index (κ1) is 28.9. The van der Waals surface area contributed by atoms with Crippen molar-refractivity contribution in [2.75, 3.05) is 0 Å². The molecule has 1 aromatic carbocycles. The molecule has 0 aliphatic rings. The highest BCUT2D eigenvalue weighted by Gasteiger charge is 2.93. The highest BCUT2D eigenvalue weighted by molar-refractivity contribution is 5.31. The molecule has 0 saturated carbocycles. The van der Waals surface area contributed by atoms with Crippen LogP contribution in [0.5, 0.6) is 0 Å². The third kappa shape index (κ3) is 3.45. The molecule has 20 heteroatoms. The van der Waals surface area contributed by atoms with Crippen molar-refractivity contribution in [1.29, 1.82) is 0 Å². The van der Waals surface area contributed by atoms with Crippen molar-refractivity contribution in [2.24, 2.45) is 0 Å². The Morgan fingerprint density at radius 1 is 0.303 bits per heavy atom. The monoisotopic (exact) mass is 536 g/mol. The van der Waals surface area contributed by atoms with E-state index in [9.17, 15) is 87.8 Å². The molecule has 33 heavy (non-hydrogen) atoms. The summed E-state index contributed by atoms with van der Waals surface area (Å²) in [6.45, 7) is 0. The van der Waals surface area contributed by atoms with Gasteiger partial charge in [0.15, 0.2) is 23.3 Å². The maximum Gasteiger partial charge on any atom is 0.460 e. The summed E-state index contributed by atoms with van der Waals surface area (Å²) in [5.74, 6) is -69.5. The number of hydrogen-bond donors (Lipinski definition) is 0. The number of alkyl halides is 15. The first-order chi connectivity index (χ1) is 14.2. The van der Waals surface area contributed by atoms with Crippen LogP contribution in [0, 0.1) is 29.1 Å². The van der Waals surface area contributed by atoms with Gasteiger partial charge in [-0.15, -0.1) is 0 Å². The molecule has 0 spiro atoms. The Morgan fingerprint density at radius 3 is 0.848 bits per heavy atom. The zero-order chi connectivity index (χ0) is 27.0.